The summed E-state index contributed by atoms with van der Waals surface area (Å²) >= 11 is 0. The summed E-state index contributed by atoms with van der Waals surface area (Å²) in [5, 5.41) is 0. The normalized spacial score (nSPS) is 22.7. The first-order chi connectivity index (χ1) is 8.85. The second kappa shape index (κ2) is 5.21. The lowest BCUT2D eigenvalue weighted by Crippen LogP contribution is -2.32. The molecule has 0 bridgehead atoms. The van der Waals surface area contributed by atoms with Crippen molar-refractivity contribution in [3.8, 4) is 0 Å². The van der Waals surface area contributed by atoms with E-state index in [9.17, 15) is 4.79 Å². The zero-order valence-corrected chi connectivity index (χ0v) is 11.9. The minimum atomic E-state index is -0.399. The van der Waals surface area contributed by atoms with Crippen LogP contribution in [-0.2, 0) is 9.63 Å². The van der Waals surface area contributed by atoms with Crippen LogP contribution in [-0.4, -0.2) is 11.5 Å². The molecule has 1 aromatic rings. The Morgan fingerprint density at radius 3 is 2.74 bits per heavy atom. The van der Waals surface area contributed by atoms with E-state index < -0.39 is 5.60 Å². The van der Waals surface area contributed by atoms with Crippen LogP contribution in [0, 0.1) is 5.92 Å². The Morgan fingerprint density at radius 1 is 1.47 bits per heavy atom. The van der Waals surface area contributed by atoms with E-state index in [1.54, 1.807) is 6.08 Å². The van der Waals surface area contributed by atoms with Crippen molar-refractivity contribution in [3.63, 3.8) is 0 Å². The first-order valence-corrected chi connectivity index (χ1v) is 6.61. The van der Waals surface area contributed by atoms with E-state index in [1.807, 2.05) is 32.9 Å². The zero-order valence-electron chi connectivity index (χ0n) is 11.9. The summed E-state index contributed by atoms with van der Waals surface area (Å²) in [5.74, 6) is 2.68. The molecule has 1 amide bonds. The molecular formula is C15H21NO3. The van der Waals surface area contributed by atoms with Gasteiger partial charge in [0.1, 0.15) is 11.5 Å². The number of furan rings is 1. The lowest BCUT2D eigenvalue weighted by atomic mass is 10.2. The molecule has 2 rings (SSSR count). The monoisotopic (exact) mass is 263 g/mol. The second-order valence-electron chi connectivity index (χ2n) is 6.07. The Bertz CT molecular complexity index is 482. The summed E-state index contributed by atoms with van der Waals surface area (Å²) in [5.41, 5.74) is 1.98. The summed E-state index contributed by atoms with van der Waals surface area (Å²) < 4.78 is 5.67. The molecule has 2 unspecified atom stereocenters. The van der Waals surface area contributed by atoms with Crippen LogP contribution in [0.25, 0.3) is 6.08 Å². The third-order valence-electron chi connectivity index (χ3n) is 2.98. The Balaban J connectivity index is 1.84. The average molecular weight is 263 g/mol. The van der Waals surface area contributed by atoms with Crippen molar-refractivity contribution in [3.05, 3.63) is 29.7 Å². The Kier molecular flexibility index (Phi) is 3.80. The molecule has 104 valence electrons. The highest BCUT2D eigenvalue weighted by Gasteiger charge is 2.36. The summed E-state index contributed by atoms with van der Waals surface area (Å²) in [6.45, 7) is 7.81. The van der Waals surface area contributed by atoms with Gasteiger partial charge in [-0.25, -0.2) is 5.48 Å². The fourth-order valence-electron chi connectivity index (χ4n) is 1.77. The van der Waals surface area contributed by atoms with Gasteiger partial charge in [-0.2, -0.15) is 0 Å². The van der Waals surface area contributed by atoms with Crippen molar-refractivity contribution in [2.75, 3.05) is 0 Å². The van der Waals surface area contributed by atoms with Gasteiger partial charge in [0.15, 0.2) is 0 Å². The maximum atomic E-state index is 11.5. The molecule has 0 spiro atoms. The molecule has 4 nitrogen and oxygen atoms in total. The Hall–Kier alpha value is -1.55. The molecule has 1 heterocycles. The lowest BCUT2D eigenvalue weighted by molar-refractivity contribution is -0.140. The molecule has 2 atom stereocenters. The van der Waals surface area contributed by atoms with Gasteiger partial charge in [-0.15, -0.1) is 0 Å². The molecule has 19 heavy (non-hydrogen) atoms. The maximum absolute atomic E-state index is 11.5. The van der Waals surface area contributed by atoms with E-state index in [2.05, 4.69) is 12.4 Å². The number of hydroxylamine groups is 1. The molecule has 0 saturated heterocycles. The summed E-state index contributed by atoms with van der Waals surface area (Å²) in [7, 11) is 0. The van der Waals surface area contributed by atoms with Crippen molar-refractivity contribution in [1.82, 2.24) is 5.48 Å². The van der Waals surface area contributed by atoms with E-state index in [-0.39, 0.29) is 5.91 Å². The predicted molar refractivity (Wildman–Crippen MR) is 73.2 cm³/mol. The Labute approximate surface area is 113 Å². The molecule has 0 radical (unpaired) electrons. The second-order valence-corrected chi connectivity index (χ2v) is 6.07. The van der Waals surface area contributed by atoms with Crippen LogP contribution < -0.4 is 5.48 Å². The highest BCUT2D eigenvalue weighted by molar-refractivity contribution is 5.90. The van der Waals surface area contributed by atoms with Crippen LogP contribution >= 0.6 is 0 Å². The van der Waals surface area contributed by atoms with E-state index in [0.29, 0.717) is 17.6 Å². The smallest absolute Gasteiger partial charge is 0.267 e. The predicted octanol–water partition coefficient (Wildman–Crippen LogP) is 3.26. The number of hydrogen-bond donors (Lipinski definition) is 1. The first kappa shape index (κ1) is 13.9. The van der Waals surface area contributed by atoms with Gasteiger partial charge in [0, 0.05) is 12.0 Å². The minimum absolute atomic E-state index is 0.298. The number of rotatable bonds is 4. The largest absolute Gasteiger partial charge is 0.461 e. The number of nitrogens with one attached hydrogen (secondary N) is 1. The zero-order chi connectivity index (χ0) is 14.0. The molecule has 1 aliphatic rings. The van der Waals surface area contributed by atoms with Crippen molar-refractivity contribution in [2.24, 2.45) is 5.92 Å². The van der Waals surface area contributed by atoms with Crippen LogP contribution in [0.2, 0.25) is 0 Å². The molecule has 1 fully saturated rings. The Morgan fingerprint density at radius 2 is 2.16 bits per heavy atom. The minimum Gasteiger partial charge on any atom is -0.461 e. The van der Waals surface area contributed by atoms with Gasteiger partial charge >= 0.3 is 0 Å². The number of amides is 1. The first-order valence-electron chi connectivity index (χ1n) is 6.61. The fourth-order valence-corrected chi connectivity index (χ4v) is 1.77. The third kappa shape index (κ3) is 4.24. The number of carbonyl (C=O) groups excluding carboxylic acids is 1. The lowest BCUT2D eigenvalue weighted by Gasteiger charge is -2.17. The molecule has 1 saturated carbocycles. The van der Waals surface area contributed by atoms with Crippen LogP contribution in [0.4, 0.5) is 0 Å². The highest BCUT2D eigenvalue weighted by atomic mass is 16.7. The van der Waals surface area contributed by atoms with Gasteiger partial charge in [-0.3, -0.25) is 9.63 Å². The van der Waals surface area contributed by atoms with E-state index in [0.717, 1.165) is 5.76 Å². The van der Waals surface area contributed by atoms with Gasteiger partial charge in [0.25, 0.3) is 5.91 Å². The van der Waals surface area contributed by atoms with E-state index >= 15 is 0 Å². The van der Waals surface area contributed by atoms with Gasteiger partial charge in [-0.1, -0.05) is 6.92 Å². The topological polar surface area (TPSA) is 51.5 Å². The van der Waals surface area contributed by atoms with Crippen LogP contribution in [0.15, 0.2) is 22.6 Å². The molecule has 1 aliphatic carbocycles. The molecule has 0 aliphatic heterocycles. The summed E-state index contributed by atoms with van der Waals surface area (Å²) in [6.07, 6.45) is 4.25. The van der Waals surface area contributed by atoms with Crippen LogP contribution in [0.1, 0.15) is 51.6 Å². The number of carbonyl (C=O) groups is 1. The molecular weight excluding hydrogens is 242 g/mol. The number of hydrogen-bond acceptors (Lipinski definition) is 3. The maximum Gasteiger partial charge on any atom is 0.267 e. The van der Waals surface area contributed by atoms with Crippen molar-refractivity contribution >= 4 is 12.0 Å². The summed E-state index contributed by atoms with van der Waals surface area (Å²) in [4.78, 5) is 16.7. The van der Waals surface area contributed by atoms with Crippen molar-refractivity contribution < 1.29 is 14.0 Å². The van der Waals surface area contributed by atoms with Crippen molar-refractivity contribution in [1.29, 1.82) is 0 Å². The van der Waals surface area contributed by atoms with Gasteiger partial charge in [0.05, 0.1) is 5.60 Å². The molecule has 0 aromatic carbocycles. The molecule has 1 N–H and O–H groups in total. The van der Waals surface area contributed by atoms with Gasteiger partial charge in [-0.05, 0) is 51.3 Å². The third-order valence-corrected chi connectivity index (χ3v) is 2.98. The van der Waals surface area contributed by atoms with Gasteiger partial charge in [0.2, 0.25) is 0 Å². The highest BCUT2D eigenvalue weighted by Crippen LogP contribution is 2.47. The standard InChI is InChI=1S/C15H21NO3/c1-10-9-12(10)13-7-5-11(18-13)6-8-14(17)16-19-15(2,3)4/h5-8,10,12H,9H2,1-4H3,(H,16,17)/b8-6+. The van der Waals surface area contributed by atoms with E-state index in [4.69, 9.17) is 9.25 Å². The van der Waals surface area contributed by atoms with Crippen molar-refractivity contribution in [2.45, 2.75) is 45.6 Å². The summed E-state index contributed by atoms with van der Waals surface area (Å²) in [6, 6.07) is 3.87. The van der Waals surface area contributed by atoms with Crippen LogP contribution in [0.3, 0.4) is 0 Å². The van der Waals surface area contributed by atoms with E-state index in [1.165, 1.54) is 12.5 Å². The SMILES string of the molecule is CC1CC1c1ccc(/C=C/C(=O)NOC(C)(C)C)o1. The van der Waals surface area contributed by atoms with Gasteiger partial charge < -0.3 is 4.42 Å². The fraction of sp³-hybridized carbons (Fsp3) is 0.533. The van der Waals surface area contributed by atoms with Crippen LogP contribution in [0.5, 0.6) is 0 Å². The average Bonchev–Trinajstić information content (AvgIpc) is 2.88. The molecule has 1 aromatic heterocycles. The molecule has 4 heteroatoms. The quantitative estimate of drug-likeness (QED) is 0.670.